The number of hydrogen-bond donors (Lipinski definition) is 1. The Hall–Kier alpha value is -0.530. The zero-order valence-corrected chi connectivity index (χ0v) is 11.8. The van der Waals surface area contributed by atoms with Crippen LogP contribution in [0.15, 0.2) is 23.4 Å². The molecule has 0 aliphatic carbocycles. The molecule has 4 nitrogen and oxygen atoms in total. The van der Waals surface area contributed by atoms with Gasteiger partial charge in [0.1, 0.15) is 10.7 Å². The van der Waals surface area contributed by atoms with E-state index < -0.39 is 15.8 Å². The van der Waals surface area contributed by atoms with E-state index in [2.05, 4.69) is 25.6 Å². The lowest BCUT2D eigenvalue weighted by Crippen LogP contribution is -2.28. The molecule has 0 aliphatic heterocycles. The highest BCUT2D eigenvalue weighted by Crippen LogP contribution is 2.10. The molecular formula is C10H14BrFN2O2S. The number of sulfonamides is 1. The van der Waals surface area contributed by atoms with E-state index in [4.69, 9.17) is 0 Å². The highest BCUT2D eigenvalue weighted by Gasteiger charge is 2.16. The molecule has 0 aromatic carbocycles. The minimum absolute atomic E-state index is 0.149. The van der Waals surface area contributed by atoms with Crippen LogP contribution in [-0.4, -0.2) is 25.3 Å². The molecule has 1 unspecified atom stereocenters. The normalized spacial score (nSPS) is 13.6. The first-order valence-corrected chi connectivity index (χ1v) is 7.72. The number of nitrogens with one attached hydrogen (secondary N) is 1. The van der Waals surface area contributed by atoms with Crippen LogP contribution in [-0.2, 0) is 10.0 Å². The summed E-state index contributed by atoms with van der Waals surface area (Å²) in [5.74, 6) is -0.452. The molecule has 0 aliphatic rings. The Morgan fingerprint density at radius 1 is 1.53 bits per heavy atom. The van der Waals surface area contributed by atoms with Gasteiger partial charge in [-0.1, -0.05) is 22.9 Å². The third-order valence-electron chi connectivity index (χ3n) is 2.21. The van der Waals surface area contributed by atoms with Crippen LogP contribution < -0.4 is 4.72 Å². The Balaban J connectivity index is 2.69. The number of alkyl halides is 1. The van der Waals surface area contributed by atoms with Crippen molar-refractivity contribution in [2.24, 2.45) is 5.92 Å². The van der Waals surface area contributed by atoms with E-state index in [1.807, 2.05) is 6.92 Å². The van der Waals surface area contributed by atoms with Crippen molar-refractivity contribution in [3.63, 3.8) is 0 Å². The van der Waals surface area contributed by atoms with Gasteiger partial charge in [0.2, 0.25) is 10.0 Å². The van der Waals surface area contributed by atoms with Crippen molar-refractivity contribution in [3.8, 4) is 0 Å². The Kier molecular flexibility index (Phi) is 5.48. The minimum atomic E-state index is -3.66. The summed E-state index contributed by atoms with van der Waals surface area (Å²) in [6.45, 7) is 2.26. The predicted octanol–water partition coefficient (Wildman–Crippen LogP) is 1.92. The van der Waals surface area contributed by atoms with E-state index in [0.29, 0.717) is 6.54 Å². The first kappa shape index (κ1) is 14.5. The topological polar surface area (TPSA) is 59.1 Å². The highest BCUT2D eigenvalue weighted by atomic mass is 79.9. The number of rotatable bonds is 6. The molecule has 1 atom stereocenters. The fourth-order valence-electron chi connectivity index (χ4n) is 1.16. The molecule has 1 rings (SSSR count). The smallest absolute Gasteiger partial charge is 0.242 e. The maximum absolute atomic E-state index is 12.9. The van der Waals surface area contributed by atoms with E-state index in [-0.39, 0.29) is 10.8 Å². The number of halogens is 2. The van der Waals surface area contributed by atoms with Crippen molar-refractivity contribution in [3.05, 3.63) is 24.3 Å². The maximum Gasteiger partial charge on any atom is 0.242 e. The summed E-state index contributed by atoms with van der Waals surface area (Å²) in [5, 5.41) is 0.817. The van der Waals surface area contributed by atoms with Crippen LogP contribution in [0, 0.1) is 11.7 Å². The molecule has 0 fully saturated rings. The summed E-state index contributed by atoms with van der Waals surface area (Å²) in [5.41, 5.74) is 0. The summed E-state index contributed by atoms with van der Waals surface area (Å²) < 4.78 is 38.8. The van der Waals surface area contributed by atoms with Gasteiger partial charge in [0.25, 0.3) is 0 Å². The Bertz CT molecular complexity index is 467. The zero-order valence-electron chi connectivity index (χ0n) is 9.36. The molecule has 7 heteroatoms. The summed E-state index contributed by atoms with van der Waals surface area (Å²) in [7, 11) is -3.66. The Labute approximate surface area is 109 Å². The second kappa shape index (κ2) is 6.42. The predicted molar refractivity (Wildman–Crippen MR) is 67.0 cm³/mol. The van der Waals surface area contributed by atoms with Gasteiger partial charge in [0.05, 0.1) is 6.20 Å². The van der Waals surface area contributed by atoms with Gasteiger partial charge in [0, 0.05) is 18.1 Å². The molecule has 1 heterocycles. The van der Waals surface area contributed by atoms with E-state index in [9.17, 15) is 12.8 Å². The maximum atomic E-state index is 12.9. The number of nitrogens with zero attached hydrogens (tertiary/aromatic N) is 1. The highest BCUT2D eigenvalue weighted by molar-refractivity contribution is 9.09. The van der Waals surface area contributed by atoms with Gasteiger partial charge in [-0.3, -0.25) is 4.98 Å². The molecule has 0 saturated carbocycles. The van der Waals surface area contributed by atoms with Gasteiger partial charge in [-0.25, -0.2) is 17.5 Å². The van der Waals surface area contributed by atoms with Crippen molar-refractivity contribution in [1.82, 2.24) is 9.71 Å². The first-order valence-electron chi connectivity index (χ1n) is 5.12. The summed E-state index contributed by atoms with van der Waals surface area (Å²) >= 11 is 3.29. The molecule has 0 radical (unpaired) electrons. The van der Waals surface area contributed by atoms with Crippen LogP contribution in [0.25, 0.3) is 0 Å². The Morgan fingerprint density at radius 3 is 2.82 bits per heavy atom. The largest absolute Gasteiger partial charge is 0.260 e. The van der Waals surface area contributed by atoms with Crippen LogP contribution in [0.3, 0.4) is 0 Å². The monoisotopic (exact) mass is 324 g/mol. The number of aromatic nitrogens is 1. The third kappa shape index (κ3) is 4.69. The number of pyridine rings is 1. The van der Waals surface area contributed by atoms with Gasteiger partial charge < -0.3 is 0 Å². The van der Waals surface area contributed by atoms with Crippen molar-refractivity contribution >= 4 is 26.0 Å². The molecule has 0 spiro atoms. The Morgan fingerprint density at radius 2 is 2.24 bits per heavy atom. The molecule has 1 aromatic rings. The molecule has 0 amide bonds. The van der Waals surface area contributed by atoms with Gasteiger partial charge in [-0.2, -0.15) is 0 Å². The first-order chi connectivity index (χ1) is 7.95. The van der Waals surface area contributed by atoms with Crippen LogP contribution >= 0.6 is 15.9 Å². The van der Waals surface area contributed by atoms with Gasteiger partial charge in [0.15, 0.2) is 0 Å². The van der Waals surface area contributed by atoms with E-state index in [1.54, 1.807) is 0 Å². The van der Waals surface area contributed by atoms with E-state index in [0.717, 1.165) is 30.2 Å². The standard InChI is InChI=1S/C10H14BrFN2O2S/c1-8(2-3-11)5-14-17(15,16)10-4-9(12)6-13-7-10/h4,6-8,14H,2-3,5H2,1H3. The molecule has 96 valence electrons. The molecule has 17 heavy (non-hydrogen) atoms. The molecule has 1 N–H and O–H groups in total. The van der Waals surface area contributed by atoms with Crippen molar-refractivity contribution in [2.45, 2.75) is 18.2 Å². The molecule has 0 bridgehead atoms. The van der Waals surface area contributed by atoms with E-state index >= 15 is 0 Å². The van der Waals surface area contributed by atoms with Gasteiger partial charge in [-0.05, 0) is 18.4 Å². The van der Waals surface area contributed by atoms with Gasteiger partial charge in [-0.15, -0.1) is 0 Å². The second-order valence-electron chi connectivity index (χ2n) is 3.77. The molecular weight excluding hydrogens is 311 g/mol. The van der Waals surface area contributed by atoms with Crippen molar-refractivity contribution in [1.29, 1.82) is 0 Å². The average molecular weight is 325 g/mol. The SMILES string of the molecule is CC(CCBr)CNS(=O)(=O)c1cncc(F)c1. The van der Waals surface area contributed by atoms with Crippen LogP contribution in [0.5, 0.6) is 0 Å². The summed E-state index contributed by atoms with van der Waals surface area (Å²) in [4.78, 5) is 3.36. The lowest BCUT2D eigenvalue weighted by molar-refractivity contribution is 0.530. The van der Waals surface area contributed by atoms with Crippen LogP contribution in [0.1, 0.15) is 13.3 Å². The lowest BCUT2D eigenvalue weighted by atomic mass is 10.1. The fourth-order valence-corrected chi connectivity index (χ4v) is 3.08. The van der Waals surface area contributed by atoms with Crippen molar-refractivity contribution < 1.29 is 12.8 Å². The third-order valence-corrected chi connectivity index (χ3v) is 4.06. The molecule has 0 saturated heterocycles. The lowest BCUT2D eigenvalue weighted by Gasteiger charge is -2.11. The summed E-state index contributed by atoms with van der Waals surface area (Å²) in [6.07, 6.45) is 2.96. The van der Waals surface area contributed by atoms with Gasteiger partial charge >= 0.3 is 0 Å². The average Bonchev–Trinajstić information content (AvgIpc) is 2.27. The van der Waals surface area contributed by atoms with Crippen molar-refractivity contribution in [2.75, 3.05) is 11.9 Å². The zero-order chi connectivity index (χ0) is 12.9. The van der Waals surface area contributed by atoms with E-state index in [1.165, 1.54) is 0 Å². The minimum Gasteiger partial charge on any atom is -0.260 e. The van der Waals surface area contributed by atoms with Crippen LogP contribution in [0.4, 0.5) is 4.39 Å². The molecule has 1 aromatic heterocycles. The quantitative estimate of drug-likeness (QED) is 0.813. The fraction of sp³-hybridized carbons (Fsp3) is 0.500. The van der Waals surface area contributed by atoms with Crippen LogP contribution in [0.2, 0.25) is 0 Å². The number of hydrogen-bond acceptors (Lipinski definition) is 3. The second-order valence-corrected chi connectivity index (χ2v) is 6.33. The summed E-state index contributed by atoms with van der Waals surface area (Å²) in [6, 6.07) is 0.949.